The maximum atomic E-state index is 3.73. The van der Waals surface area contributed by atoms with E-state index in [0.29, 0.717) is 11.8 Å². The van der Waals surface area contributed by atoms with Crippen molar-refractivity contribution < 1.29 is 26.2 Å². The van der Waals surface area contributed by atoms with Gasteiger partial charge in [-0.2, -0.15) is 23.8 Å². The number of rotatable bonds is 2. The van der Waals surface area contributed by atoms with E-state index in [9.17, 15) is 0 Å². The van der Waals surface area contributed by atoms with E-state index < -0.39 is 0 Å². The summed E-state index contributed by atoms with van der Waals surface area (Å²) in [6, 6.07) is 17.1. The van der Waals surface area contributed by atoms with Crippen LogP contribution in [-0.4, -0.2) is 0 Å². The van der Waals surface area contributed by atoms with Gasteiger partial charge in [-0.15, -0.1) is 11.1 Å². The first-order valence-electron chi connectivity index (χ1n) is 7.76. The van der Waals surface area contributed by atoms with Crippen molar-refractivity contribution in [2.24, 2.45) is 0 Å². The molecule has 0 aromatic heterocycles. The van der Waals surface area contributed by atoms with Crippen LogP contribution in [-0.2, 0) is 26.2 Å². The van der Waals surface area contributed by atoms with Gasteiger partial charge in [0.15, 0.2) is 0 Å². The molecule has 4 rings (SSSR count). The van der Waals surface area contributed by atoms with E-state index in [4.69, 9.17) is 0 Å². The Bertz CT molecular complexity index is 765. The molecule has 0 nitrogen and oxygen atoms in total. The molecule has 2 aromatic rings. The van der Waals surface area contributed by atoms with Gasteiger partial charge in [0, 0.05) is 32.1 Å². The minimum absolute atomic E-state index is 0. The predicted molar refractivity (Wildman–Crippen MR) is 95.2 cm³/mol. The zero-order valence-electron chi connectivity index (χ0n) is 13.1. The molecule has 1 heteroatoms. The first kappa shape index (κ1) is 18.1. The number of allylic oxidation sites excluding steroid dienone is 4. The minimum Gasteiger partial charge on any atom is -0.175 e. The van der Waals surface area contributed by atoms with Crippen LogP contribution in [0.4, 0.5) is 0 Å². The van der Waals surface area contributed by atoms with Crippen LogP contribution >= 0.6 is 0 Å². The fraction of sp³-hybridized carbons (Fsp3) is 0.273. The Morgan fingerprint density at radius 3 is 2.52 bits per heavy atom. The molecule has 2 aromatic carbocycles. The molecular weight excluding hydrogens is 355 g/mol. The predicted octanol–water partition coefficient (Wildman–Crippen LogP) is 6.24. The van der Waals surface area contributed by atoms with Crippen molar-refractivity contribution in [1.82, 2.24) is 0 Å². The van der Waals surface area contributed by atoms with E-state index in [-0.39, 0.29) is 33.6 Å². The van der Waals surface area contributed by atoms with Crippen LogP contribution in [0.3, 0.4) is 0 Å². The molecule has 2 aliphatic carbocycles. The molecular formula is C22H23Zr-. The summed E-state index contributed by atoms with van der Waals surface area (Å²) < 4.78 is 0. The fourth-order valence-corrected chi connectivity index (χ4v) is 3.54. The smallest absolute Gasteiger partial charge is 0.00807 e. The van der Waals surface area contributed by atoms with Crippen molar-refractivity contribution in [3.05, 3.63) is 83.0 Å². The maximum Gasteiger partial charge on any atom is 0.00807 e. The second kappa shape index (κ2) is 7.14. The van der Waals surface area contributed by atoms with E-state index in [2.05, 4.69) is 74.5 Å². The Morgan fingerprint density at radius 1 is 1.04 bits per heavy atom. The maximum absolute atomic E-state index is 3.73. The van der Waals surface area contributed by atoms with Gasteiger partial charge in [-0.3, -0.25) is 0 Å². The summed E-state index contributed by atoms with van der Waals surface area (Å²) in [5, 5.41) is 0. The van der Waals surface area contributed by atoms with Gasteiger partial charge in [-0.1, -0.05) is 74.9 Å². The van der Waals surface area contributed by atoms with Crippen molar-refractivity contribution >= 4 is 0 Å². The summed E-state index contributed by atoms with van der Waals surface area (Å²) >= 11 is 0. The fourth-order valence-electron chi connectivity index (χ4n) is 3.54. The summed E-state index contributed by atoms with van der Waals surface area (Å²) in [6.07, 6.45) is 7.79. The summed E-state index contributed by atoms with van der Waals surface area (Å²) in [7, 11) is 0. The van der Waals surface area contributed by atoms with E-state index in [1.54, 1.807) is 0 Å². The standard InChI is InChI=1S/C21H19.CH4.Zr/c1-14(2)16-11-12-18-17-9-5-6-10-19(17)21(20(18)13-16)15-7-3-4-8-15;;/h3-7,9-12,14,21H,8H2,1-2H3;1H4;/q-1;;. The summed E-state index contributed by atoms with van der Waals surface area (Å²) in [5.41, 5.74) is 8.39. The van der Waals surface area contributed by atoms with Crippen LogP contribution in [0.2, 0.25) is 0 Å². The van der Waals surface area contributed by atoms with E-state index in [1.807, 2.05) is 0 Å². The number of fused-ring (bicyclic) bond motifs is 3. The van der Waals surface area contributed by atoms with Gasteiger partial charge in [0.25, 0.3) is 0 Å². The molecule has 0 N–H and O–H groups in total. The molecule has 0 bridgehead atoms. The van der Waals surface area contributed by atoms with Crippen molar-refractivity contribution in [1.29, 1.82) is 0 Å². The third kappa shape index (κ3) is 2.97. The van der Waals surface area contributed by atoms with Gasteiger partial charge in [-0.25, -0.2) is 0 Å². The molecule has 0 saturated carbocycles. The molecule has 116 valence electrons. The molecule has 0 spiro atoms. The van der Waals surface area contributed by atoms with Crippen molar-refractivity contribution in [3.63, 3.8) is 0 Å². The van der Waals surface area contributed by atoms with Crippen LogP contribution in [0.15, 0.2) is 60.2 Å². The Morgan fingerprint density at radius 2 is 1.83 bits per heavy atom. The van der Waals surface area contributed by atoms with Crippen molar-refractivity contribution in [3.8, 4) is 11.1 Å². The topological polar surface area (TPSA) is 0 Å². The number of hydrogen-bond acceptors (Lipinski definition) is 0. The Labute approximate surface area is 159 Å². The second-order valence-corrected chi connectivity index (χ2v) is 6.29. The molecule has 0 radical (unpaired) electrons. The van der Waals surface area contributed by atoms with E-state index in [1.165, 1.54) is 33.4 Å². The summed E-state index contributed by atoms with van der Waals surface area (Å²) in [5.74, 6) is 0.917. The van der Waals surface area contributed by atoms with Gasteiger partial charge < -0.3 is 0 Å². The Hall–Kier alpha value is -1.20. The van der Waals surface area contributed by atoms with Crippen molar-refractivity contribution in [2.45, 2.75) is 39.5 Å². The summed E-state index contributed by atoms with van der Waals surface area (Å²) in [6.45, 7) is 4.48. The quantitative estimate of drug-likeness (QED) is 0.542. The monoisotopic (exact) mass is 377 g/mol. The third-order valence-corrected chi connectivity index (χ3v) is 4.64. The molecule has 2 aliphatic rings. The molecule has 1 unspecified atom stereocenters. The molecule has 23 heavy (non-hydrogen) atoms. The van der Waals surface area contributed by atoms with E-state index >= 15 is 0 Å². The zero-order chi connectivity index (χ0) is 14.4. The Balaban J connectivity index is 0.000000960. The van der Waals surface area contributed by atoms with Gasteiger partial charge >= 0.3 is 0 Å². The zero-order valence-corrected chi connectivity index (χ0v) is 15.5. The molecule has 0 amide bonds. The summed E-state index contributed by atoms with van der Waals surface area (Å²) in [4.78, 5) is 0. The van der Waals surface area contributed by atoms with Crippen LogP contribution in [0, 0.1) is 6.07 Å². The van der Waals surface area contributed by atoms with Gasteiger partial charge in [0.1, 0.15) is 0 Å². The van der Waals surface area contributed by atoms with Gasteiger partial charge in [0.2, 0.25) is 0 Å². The SMILES string of the molecule is C.CC(C)c1[c-]c2c(cc1)-c1ccccc1C2C1=CC=CC1.[Zr]. The first-order valence-corrected chi connectivity index (χ1v) is 7.76. The molecule has 0 saturated heterocycles. The first-order chi connectivity index (χ1) is 10.3. The molecule has 0 fully saturated rings. The number of benzene rings is 2. The number of hydrogen-bond donors (Lipinski definition) is 0. The average molecular weight is 379 g/mol. The molecule has 0 aliphatic heterocycles. The van der Waals surface area contributed by atoms with Gasteiger partial charge in [0.05, 0.1) is 0 Å². The average Bonchev–Trinajstić information content (AvgIpc) is 3.11. The van der Waals surface area contributed by atoms with Crippen LogP contribution in [0.25, 0.3) is 11.1 Å². The van der Waals surface area contributed by atoms with E-state index in [0.717, 1.165) is 6.42 Å². The molecule has 0 heterocycles. The largest absolute Gasteiger partial charge is 0.175 e. The van der Waals surface area contributed by atoms with Gasteiger partial charge in [-0.05, 0) is 17.9 Å². The second-order valence-electron chi connectivity index (χ2n) is 6.29. The normalized spacial score (nSPS) is 17.2. The molecule has 1 atom stereocenters. The van der Waals surface area contributed by atoms with Crippen LogP contribution in [0.5, 0.6) is 0 Å². The van der Waals surface area contributed by atoms with Crippen LogP contribution in [0.1, 0.15) is 56.2 Å². The Kier molecular flexibility index (Phi) is 5.63. The van der Waals surface area contributed by atoms with Crippen LogP contribution < -0.4 is 0 Å². The minimum atomic E-state index is 0. The van der Waals surface area contributed by atoms with Crippen molar-refractivity contribution in [2.75, 3.05) is 0 Å². The third-order valence-electron chi connectivity index (χ3n) is 4.64.